The zero-order chi connectivity index (χ0) is 30.1. The fourth-order valence-corrected chi connectivity index (χ4v) is 6.16. The van der Waals surface area contributed by atoms with E-state index in [0.29, 0.717) is 53.6 Å². The predicted molar refractivity (Wildman–Crippen MR) is 158 cm³/mol. The Labute approximate surface area is 248 Å². The van der Waals surface area contributed by atoms with Gasteiger partial charge in [-0.2, -0.15) is 17.1 Å². The second-order valence-corrected chi connectivity index (χ2v) is 13.5. The first kappa shape index (κ1) is 29.7. The Hall–Kier alpha value is -3.81. The van der Waals surface area contributed by atoms with E-state index in [1.54, 1.807) is 31.2 Å². The molecule has 1 saturated carbocycles. The smallest absolute Gasteiger partial charge is 0.321 e. The topological polar surface area (TPSA) is 141 Å². The third-order valence-electron chi connectivity index (χ3n) is 7.27. The van der Waals surface area contributed by atoms with Crippen molar-refractivity contribution >= 4 is 44.3 Å². The first-order valence-corrected chi connectivity index (χ1v) is 15.7. The summed E-state index contributed by atoms with van der Waals surface area (Å²) in [4.78, 5) is 25.3. The van der Waals surface area contributed by atoms with Crippen molar-refractivity contribution in [3.05, 3.63) is 75.7 Å². The summed E-state index contributed by atoms with van der Waals surface area (Å²) >= 11 is 1.24. The fraction of sp³-hybridized carbons (Fsp3) is 0.379. The van der Waals surface area contributed by atoms with Crippen LogP contribution in [0.15, 0.2) is 57.5 Å². The number of carbonyl (C=O) groups is 1. The summed E-state index contributed by atoms with van der Waals surface area (Å²) in [6, 6.07) is 13.4. The highest BCUT2D eigenvalue weighted by Gasteiger charge is 2.54. The van der Waals surface area contributed by atoms with E-state index in [2.05, 4.69) is 14.4 Å². The lowest BCUT2D eigenvalue weighted by Crippen LogP contribution is -2.40. The Morgan fingerprint density at radius 1 is 1.21 bits per heavy atom. The molecule has 3 heterocycles. The number of rotatable bonds is 12. The first-order valence-electron chi connectivity index (χ1n) is 13.5. The number of ether oxygens (including phenoxy) is 1. The molecule has 1 aromatic carbocycles. The minimum absolute atomic E-state index is 0.0342. The summed E-state index contributed by atoms with van der Waals surface area (Å²) < 4.78 is 39.7. The number of thiazole rings is 1. The number of nitrogens with zero attached hydrogens (tertiary/aromatic N) is 5. The number of aromatic nitrogens is 2. The molecule has 0 bridgehead atoms. The van der Waals surface area contributed by atoms with Gasteiger partial charge in [-0.15, -0.1) is 11.3 Å². The van der Waals surface area contributed by atoms with Crippen LogP contribution in [0.4, 0.5) is 0 Å². The van der Waals surface area contributed by atoms with Gasteiger partial charge >= 0.3 is 10.2 Å². The number of hydrogen-bond acceptors (Lipinski definition) is 9. The summed E-state index contributed by atoms with van der Waals surface area (Å²) in [5.41, 5.74) is 0.744. The van der Waals surface area contributed by atoms with Crippen LogP contribution in [-0.4, -0.2) is 67.1 Å². The number of para-hydroxylation sites is 1. The molecule has 0 radical (unpaired) electrons. The highest BCUT2D eigenvalue weighted by molar-refractivity contribution is 7.87. The lowest BCUT2D eigenvalue weighted by molar-refractivity contribution is -0.212. The van der Waals surface area contributed by atoms with Crippen LogP contribution in [0.2, 0.25) is 0 Å². The molecule has 0 saturated heterocycles. The SMILES string of the molecule is COc1ccc(C2(C(=O)N(CCCc3cc4ccccc4o3)Cc3nc(/C([O-])=N/S(=O)(=O)N(C)C)c(C)s3)CC2)nc1. The number of benzene rings is 1. The van der Waals surface area contributed by atoms with Gasteiger partial charge in [-0.1, -0.05) is 18.2 Å². The number of fused-ring (bicyclic) bond motifs is 1. The number of furan rings is 1. The van der Waals surface area contributed by atoms with E-state index in [1.807, 2.05) is 36.4 Å². The van der Waals surface area contributed by atoms with Crippen LogP contribution in [0.25, 0.3) is 11.0 Å². The molecule has 4 aromatic rings. The number of pyridine rings is 1. The normalized spacial score (nSPS) is 14.8. The van der Waals surface area contributed by atoms with Gasteiger partial charge in [-0.25, -0.2) is 4.98 Å². The zero-order valence-corrected chi connectivity index (χ0v) is 25.5. The van der Waals surface area contributed by atoms with Crippen molar-refractivity contribution in [3.8, 4) is 5.75 Å². The third-order valence-corrected chi connectivity index (χ3v) is 9.54. The average Bonchev–Trinajstić information content (AvgIpc) is 3.54. The van der Waals surface area contributed by atoms with Crippen LogP contribution >= 0.6 is 11.3 Å². The number of aryl methyl sites for hydroxylation is 2. The van der Waals surface area contributed by atoms with Crippen molar-refractivity contribution in [2.24, 2.45) is 4.40 Å². The second-order valence-electron chi connectivity index (χ2n) is 10.4. The predicted octanol–water partition coefficient (Wildman–Crippen LogP) is 3.21. The van der Waals surface area contributed by atoms with E-state index >= 15 is 0 Å². The molecule has 13 heteroatoms. The van der Waals surface area contributed by atoms with Gasteiger partial charge in [-0.3, -0.25) is 9.78 Å². The molecule has 0 unspecified atom stereocenters. The van der Waals surface area contributed by atoms with Crippen LogP contribution < -0.4 is 9.84 Å². The molecule has 5 rings (SSSR count). The molecule has 11 nitrogen and oxygen atoms in total. The highest BCUT2D eigenvalue weighted by Crippen LogP contribution is 2.49. The van der Waals surface area contributed by atoms with Crippen LogP contribution in [0, 0.1) is 6.92 Å². The van der Waals surface area contributed by atoms with E-state index in [4.69, 9.17) is 9.15 Å². The standard InChI is InChI=1S/C29H33N5O6S2/c1-19-26(27(35)32-42(37,38)33(2)3)31-25(41-19)18-34(15-7-9-21-16-20-8-5-6-10-23(20)40-21)28(36)29(13-14-29)24-12-11-22(39-4)17-30-24/h5-6,8,10-12,16-17H,7,9,13-15,18H2,1-4H3,(H,32,35)/p-1. The summed E-state index contributed by atoms with van der Waals surface area (Å²) in [7, 11) is 0.0603. The van der Waals surface area contributed by atoms with Gasteiger partial charge in [0.2, 0.25) is 5.91 Å². The molecule has 0 spiro atoms. The Kier molecular flexibility index (Phi) is 8.35. The van der Waals surface area contributed by atoms with Crippen molar-refractivity contribution in [2.45, 2.75) is 44.6 Å². The Balaban J connectivity index is 1.39. The molecule has 1 fully saturated rings. The lowest BCUT2D eigenvalue weighted by Gasteiger charge is -2.26. The van der Waals surface area contributed by atoms with Gasteiger partial charge in [0.1, 0.15) is 22.1 Å². The molecule has 1 amide bonds. The van der Waals surface area contributed by atoms with E-state index in [-0.39, 0.29) is 18.1 Å². The van der Waals surface area contributed by atoms with E-state index in [0.717, 1.165) is 21.0 Å². The van der Waals surface area contributed by atoms with E-state index in [1.165, 1.54) is 25.4 Å². The summed E-state index contributed by atoms with van der Waals surface area (Å²) in [5.74, 6) is 0.447. The number of hydrogen-bond donors (Lipinski definition) is 0. The van der Waals surface area contributed by atoms with Crippen molar-refractivity contribution in [1.82, 2.24) is 19.2 Å². The maximum atomic E-state index is 14.1. The minimum atomic E-state index is -4.10. The minimum Gasteiger partial charge on any atom is -0.856 e. The van der Waals surface area contributed by atoms with Gasteiger partial charge in [0.15, 0.2) is 0 Å². The molecule has 42 heavy (non-hydrogen) atoms. The zero-order valence-electron chi connectivity index (χ0n) is 23.9. The van der Waals surface area contributed by atoms with Crippen molar-refractivity contribution in [3.63, 3.8) is 0 Å². The molecule has 0 atom stereocenters. The van der Waals surface area contributed by atoms with Crippen molar-refractivity contribution in [1.29, 1.82) is 0 Å². The molecule has 0 N–H and O–H groups in total. The largest absolute Gasteiger partial charge is 0.856 e. The van der Waals surface area contributed by atoms with Crippen LogP contribution in [0.1, 0.15) is 46.3 Å². The number of methoxy groups -OCH3 is 1. The second kappa shape index (κ2) is 11.8. The van der Waals surface area contributed by atoms with E-state index < -0.39 is 21.5 Å². The molecule has 0 aliphatic heterocycles. The lowest BCUT2D eigenvalue weighted by atomic mass is 9.99. The first-order chi connectivity index (χ1) is 20.0. The molecule has 1 aliphatic carbocycles. The maximum Gasteiger partial charge on any atom is 0.321 e. The fourth-order valence-electron chi connectivity index (χ4n) is 4.76. The number of carbonyl (C=O) groups excluding carboxylic acids is 1. The Morgan fingerprint density at radius 3 is 2.62 bits per heavy atom. The summed E-state index contributed by atoms with van der Waals surface area (Å²) in [5, 5.41) is 14.2. The van der Waals surface area contributed by atoms with Gasteiger partial charge in [0.05, 0.1) is 36.7 Å². The van der Waals surface area contributed by atoms with Gasteiger partial charge in [0, 0.05) is 43.2 Å². The highest BCUT2D eigenvalue weighted by atomic mass is 32.2. The monoisotopic (exact) mass is 610 g/mol. The average molecular weight is 611 g/mol. The summed E-state index contributed by atoms with van der Waals surface area (Å²) in [6.45, 7) is 2.27. The number of amides is 1. The quantitative estimate of drug-likeness (QED) is 0.176. The molecular weight excluding hydrogens is 578 g/mol. The van der Waals surface area contributed by atoms with Crippen LogP contribution in [0.3, 0.4) is 0 Å². The van der Waals surface area contributed by atoms with Crippen molar-refractivity contribution in [2.75, 3.05) is 27.7 Å². The van der Waals surface area contributed by atoms with Gasteiger partial charge in [0.25, 0.3) is 0 Å². The molecule has 3 aromatic heterocycles. The van der Waals surface area contributed by atoms with E-state index in [9.17, 15) is 18.3 Å². The Bertz CT molecular complexity index is 1690. The van der Waals surface area contributed by atoms with Crippen molar-refractivity contribution < 1.29 is 27.5 Å². The Morgan fingerprint density at radius 2 is 1.98 bits per heavy atom. The van der Waals surface area contributed by atoms with Gasteiger partial charge in [-0.05, 0) is 50.5 Å². The molecule has 222 valence electrons. The van der Waals surface area contributed by atoms with Gasteiger partial charge < -0.3 is 19.2 Å². The maximum absolute atomic E-state index is 14.1. The van der Waals surface area contributed by atoms with Crippen LogP contribution in [0.5, 0.6) is 5.75 Å². The van der Waals surface area contributed by atoms with Crippen LogP contribution in [-0.2, 0) is 33.4 Å². The summed E-state index contributed by atoms with van der Waals surface area (Å²) in [6.07, 6.45) is 4.24. The molecule has 1 aliphatic rings. The third kappa shape index (κ3) is 6.18. The molecular formula is C29H32N5O6S2-.